The molecule has 0 aliphatic heterocycles. The predicted molar refractivity (Wildman–Crippen MR) is 67.2 cm³/mol. The zero-order valence-corrected chi connectivity index (χ0v) is 10.4. The SMILES string of the molecule is CCCNc1cncc(Oc2cccc(F)c2F)n1. The number of hydrogen-bond donors (Lipinski definition) is 1. The molecule has 0 aliphatic carbocycles. The topological polar surface area (TPSA) is 47.0 Å². The van der Waals surface area contributed by atoms with Crippen LogP contribution in [-0.2, 0) is 0 Å². The van der Waals surface area contributed by atoms with Crippen molar-refractivity contribution in [1.82, 2.24) is 9.97 Å². The quantitative estimate of drug-likeness (QED) is 0.900. The van der Waals surface area contributed by atoms with Crippen molar-refractivity contribution in [3.05, 3.63) is 42.2 Å². The van der Waals surface area contributed by atoms with E-state index in [1.165, 1.54) is 24.5 Å². The largest absolute Gasteiger partial charge is 0.434 e. The normalized spacial score (nSPS) is 10.3. The van der Waals surface area contributed by atoms with Crippen molar-refractivity contribution in [3.8, 4) is 11.6 Å². The standard InChI is InChI=1S/C13H13F2N3O/c1-2-6-17-11-7-16-8-12(18-11)19-10-5-3-4-9(14)13(10)15/h3-5,7-8H,2,6H2,1H3,(H,17,18). The highest BCUT2D eigenvalue weighted by Gasteiger charge is 2.10. The Hall–Kier alpha value is -2.24. The molecule has 2 rings (SSSR count). The summed E-state index contributed by atoms with van der Waals surface area (Å²) in [7, 11) is 0. The number of anilines is 1. The van der Waals surface area contributed by atoms with Gasteiger partial charge in [-0.1, -0.05) is 13.0 Å². The minimum absolute atomic E-state index is 0.102. The van der Waals surface area contributed by atoms with Gasteiger partial charge in [0, 0.05) is 6.54 Å². The number of nitrogens with one attached hydrogen (secondary N) is 1. The van der Waals surface area contributed by atoms with E-state index >= 15 is 0 Å². The van der Waals surface area contributed by atoms with E-state index in [0.29, 0.717) is 5.82 Å². The molecule has 0 fully saturated rings. The summed E-state index contributed by atoms with van der Waals surface area (Å²) in [6, 6.07) is 3.71. The molecular weight excluding hydrogens is 252 g/mol. The van der Waals surface area contributed by atoms with Crippen molar-refractivity contribution in [3.63, 3.8) is 0 Å². The van der Waals surface area contributed by atoms with Gasteiger partial charge in [0.15, 0.2) is 11.6 Å². The van der Waals surface area contributed by atoms with Crippen molar-refractivity contribution in [2.75, 3.05) is 11.9 Å². The first-order valence-electron chi connectivity index (χ1n) is 5.88. The lowest BCUT2D eigenvalue weighted by Gasteiger charge is -2.08. The zero-order chi connectivity index (χ0) is 13.7. The highest BCUT2D eigenvalue weighted by atomic mass is 19.2. The van der Waals surface area contributed by atoms with Crippen LogP contribution >= 0.6 is 0 Å². The summed E-state index contributed by atoms with van der Waals surface area (Å²) < 4.78 is 31.6. The Kier molecular flexibility index (Phi) is 4.22. The Bertz CT molecular complexity index is 563. The van der Waals surface area contributed by atoms with E-state index in [9.17, 15) is 8.78 Å². The van der Waals surface area contributed by atoms with Crippen molar-refractivity contribution in [2.24, 2.45) is 0 Å². The number of nitrogens with zero attached hydrogens (tertiary/aromatic N) is 2. The number of rotatable bonds is 5. The maximum Gasteiger partial charge on any atom is 0.239 e. The Balaban J connectivity index is 2.16. The van der Waals surface area contributed by atoms with Gasteiger partial charge in [0.25, 0.3) is 0 Å². The molecule has 0 aliphatic rings. The van der Waals surface area contributed by atoms with E-state index in [2.05, 4.69) is 15.3 Å². The molecule has 2 aromatic rings. The van der Waals surface area contributed by atoms with E-state index < -0.39 is 11.6 Å². The van der Waals surface area contributed by atoms with Crippen molar-refractivity contribution >= 4 is 5.82 Å². The number of ether oxygens (including phenoxy) is 1. The molecule has 100 valence electrons. The third-order valence-electron chi connectivity index (χ3n) is 2.30. The Morgan fingerprint density at radius 2 is 2.11 bits per heavy atom. The van der Waals surface area contributed by atoms with Gasteiger partial charge < -0.3 is 10.1 Å². The summed E-state index contributed by atoms with van der Waals surface area (Å²) in [5.74, 6) is -1.61. The summed E-state index contributed by atoms with van der Waals surface area (Å²) in [5.41, 5.74) is 0. The van der Waals surface area contributed by atoms with E-state index in [-0.39, 0.29) is 11.6 Å². The van der Waals surface area contributed by atoms with Gasteiger partial charge in [0.1, 0.15) is 5.82 Å². The molecule has 1 aromatic carbocycles. The summed E-state index contributed by atoms with van der Waals surface area (Å²) in [6.45, 7) is 2.76. The zero-order valence-electron chi connectivity index (χ0n) is 10.4. The van der Waals surface area contributed by atoms with Crippen LogP contribution in [0.1, 0.15) is 13.3 Å². The molecule has 0 unspecified atom stereocenters. The number of halogens is 2. The van der Waals surface area contributed by atoms with E-state index in [1.54, 1.807) is 0 Å². The fourth-order valence-corrected chi connectivity index (χ4v) is 1.41. The number of benzene rings is 1. The van der Waals surface area contributed by atoms with Gasteiger partial charge in [-0.05, 0) is 18.6 Å². The van der Waals surface area contributed by atoms with Crippen molar-refractivity contribution in [2.45, 2.75) is 13.3 Å². The van der Waals surface area contributed by atoms with Crippen LogP contribution in [0.2, 0.25) is 0 Å². The molecule has 19 heavy (non-hydrogen) atoms. The highest BCUT2D eigenvalue weighted by molar-refractivity contribution is 5.35. The van der Waals surface area contributed by atoms with E-state index in [4.69, 9.17) is 4.74 Å². The average Bonchev–Trinajstić information content (AvgIpc) is 2.42. The van der Waals surface area contributed by atoms with Crippen LogP contribution in [0.25, 0.3) is 0 Å². The Labute approximate surface area is 109 Å². The first-order valence-corrected chi connectivity index (χ1v) is 5.88. The smallest absolute Gasteiger partial charge is 0.239 e. The molecule has 6 heteroatoms. The highest BCUT2D eigenvalue weighted by Crippen LogP contribution is 2.24. The second-order valence-electron chi connectivity index (χ2n) is 3.82. The second kappa shape index (κ2) is 6.08. The van der Waals surface area contributed by atoms with Gasteiger partial charge in [-0.15, -0.1) is 0 Å². The van der Waals surface area contributed by atoms with Crippen molar-refractivity contribution < 1.29 is 13.5 Å². The lowest BCUT2D eigenvalue weighted by atomic mass is 10.3. The molecule has 0 atom stereocenters. The molecule has 0 radical (unpaired) electrons. The minimum Gasteiger partial charge on any atom is -0.434 e. The monoisotopic (exact) mass is 265 g/mol. The molecule has 1 aromatic heterocycles. The molecule has 4 nitrogen and oxygen atoms in total. The summed E-state index contributed by atoms with van der Waals surface area (Å²) in [4.78, 5) is 8.01. The fraction of sp³-hybridized carbons (Fsp3) is 0.231. The summed E-state index contributed by atoms with van der Waals surface area (Å²) in [5, 5.41) is 3.03. The molecule has 0 bridgehead atoms. The van der Waals surface area contributed by atoms with Gasteiger partial charge in [-0.25, -0.2) is 4.39 Å². The average molecular weight is 265 g/mol. The third kappa shape index (κ3) is 3.37. The van der Waals surface area contributed by atoms with Gasteiger partial charge in [0.2, 0.25) is 11.7 Å². The first kappa shape index (κ1) is 13.2. The van der Waals surface area contributed by atoms with Crippen LogP contribution in [0.3, 0.4) is 0 Å². The predicted octanol–water partition coefficient (Wildman–Crippen LogP) is 3.37. The lowest BCUT2D eigenvalue weighted by Crippen LogP contribution is -2.03. The molecule has 0 amide bonds. The van der Waals surface area contributed by atoms with Crippen LogP contribution in [0, 0.1) is 11.6 Å². The van der Waals surface area contributed by atoms with Crippen LogP contribution in [-0.4, -0.2) is 16.5 Å². The van der Waals surface area contributed by atoms with E-state index in [0.717, 1.165) is 19.0 Å². The molecule has 0 saturated heterocycles. The Morgan fingerprint density at radius 1 is 1.26 bits per heavy atom. The first-order chi connectivity index (χ1) is 9.20. The van der Waals surface area contributed by atoms with E-state index in [1.807, 2.05) is 6.92 Å². The van der Waals surface area contributed by atoms with Crippen LogP contribution in [0.5, 0.6) is 11.6 Å². The maximum absolute atomic E-state index is 13.4. The Morgan fingerprint density at radius 3 is 2.89 bits per heavy atom. The molecule has 0 spiro atoms. The molecule has 1 heterocycles. The van der Waals surface area contributed by atoms with Crippen molar-refractivity contribution in [1.29, 1.82) is 0 Å². The minimum atomic E-state index is -1.05. The molecule has 0 saturated carbocycles. The number of aromatic nitrogens is 2. The van der Waals surface area contributed by atoms with Crippen LogP contribution in [0.4, 0.5) is 14.6 Å². The van der Waals surface area contributed by atoms with Gasteiger partial charge in [0.05, 0.1) is 12.4 Å². The summed E-state index contributed by atoms with van der Waals surface area (Å²) in [6.07, 6.45) is 3.80. The molecular formula is C13H13F2N3O. The van der Waals surface area contributed by atoms with Gasteiger partial charge in [-0.2, -0.15) is 9.37 Å². The van der Waals surface area contributed by atoms with Crippen LogP contribution in [0.15, 0.2) is 30.6 Å². The van der Waals surface area contributed by atoms with Gasteiger partial charge in [-0.3, -0.25) is 4.98 Å². The third-order valence-corrected chi connectivity index (χ3v) is 2.30. The van der Waals surface area contributed by atoms with Gasteiger partial charge >= 0.3 is 0 Å². The second-order valence-corrected chi connectivity index (χ2v) is 3.82. The summed E-state index contributed by atoms with van der Waals surface area (Å²) >= 11 is 0. The fourth-order valence-electron chi connectivity index (χ4n) is 1.41. The maximum atomic E-state index is 13.4. The molecule has 1 N–H and O–H groups in total. The lowest BCUT2D eigenvalue weighted by molar-refractivity contribution is 0.404. The number of hydrogen-bond acceptors (Lipinski definition) is 4. The van der Waals surface area contributed by atoms with Crippen LogP contribution < -0.4 is 10.1 Å².